The van der Waals surface area contributed by atoms with Gasteiger partial charge in [-0.1, -0.05) is 13.8 Å². The second-order valence-electron chi connectivity index (χ2n) is 5.83. The maximum absolute atomic E-state index is 12.3. The average molecular weight is 239 g/mol. The molecule has 2 fully saturated rings. The number of likely N-dealkylation sites (N-methyl/N-ethyl adjacent to an activating group) is 1. The molecule has 4 nitrogen and oxygen atoms in total. The molecular formula is C13H25N3O. The Balaban J connectivity index is 1.99. The van der Waals surface area contributed by atoms with Gasteiger partial charge in [0.05, 0.1) is 12.2 Å². The van der Waals surface area contributed by atoms with Gasteiger partial charge < -0.3 is 9.80 Å². The van der Waals surface area contributed by atoms with Gasteiger partial charge in [-0.15, -0.1) is 0 Å². The molecule has 0 aromatic rings. The first-order valence-corrected chi connectivity index (χ1v) is 6.77. The molecule has 0 aromatic heterocycles. The smallest absolute Gasteiger partial charge is 0.241 e. The van der Waals surface area contributed by atoms with Gasteiger partial charge in [-0.3, -0.25) is 10.1 Å². The molecule has 2 aliphatic heterocycles. The fourth-order valence-electron chi connectivity index (χ4n) is 2.95. The predicted molar refractivity (Wildman–Crippen MR) is 68.6 cm³/mol. The van der Waals surface area contributed by atoms with Crippen molar-refractivity contribution in [3.8, 4) is 0 Å². The van der Waals surface area contributed by atoms with Crippen LogP contribution in [0.3, 0.4) is 0 Å². The fraction of sp³-hybridized carbons (Fsp3) is 0.923. The van der Waals surface area contributed by atoms with E-state index in [9.17, 15) is 4.79 Å². The third kappa shape index (κ3) is 2.47. The molecule has 17 heavy (non-hydrogen) atoms. The molecule has 0 saturated carbocycles. The Morgan fingerprint density at radius 2 is 2.18 bits per heavy atom. The van der Waals surface area contributed by atoms with E-state index in [4.69, 9.17) is 0 Å². The van der Waals surface area contributed by atoms with Gasteiger partial charge in [-0.2, -0.15) is 0 Å². The Labute approximate surface area is 104 Å². The number of hydrogen-bond donors (Lipinski definition) is 1. The first-order valence-electron chi connectivity index (χ1n) is 6.77. The molecule has 0 aromatic carbocycles. The van der Waals surface area contributed by atoms with E-state index in [1.165, 1.54) is 19.4 Å². The lowest BCUT2D eigenvalue weighted by Gasteiger charge is -2.28. The number of amides is 1. The van der Waals surface area contributed by atoms with Crippen molar-refractivity contribution >= 4 is 5.91 Å². The number of carbonyl (C=O) groups is 1. The Morgan fingerprint density at radius 3 is 2.65 bits per heavy atom. The van der Waals surface area contributed by atoms with Crippen molar-refractivity contribution in [2.75, 3.05) is 20.1 Å². The summed E-state index contributed by atoms with van der Waals surface area (Å²) in [4.78, 5) is 16.7. The van der Waals surface area contributed by atoms with E-state index >= 15 is 0 Å². The van der Waals surface area contributed by atoms with E-state index in [1.807, 2.05) is 4.90 Å². The zero-order valence-electron chi connectivity index (χ0n) is 11.4. The molecule has 4 heteroatoms. The highest BCUT2D eigenvalue weighted by atomic mass is 16.2. The highest BCUT2D eigenvalue weighted by Gasteiger charge is 2.39. The molecule has 0 spiro atoms. The number of nitrogens with one attached hydrogen (secondary N) is 1. The van der Waals surface area contributed by atoms with E-state index in [0.29, 0.717) is 12.0 Å². The molecule has 2 aliphatic rings. The summed E-state index contributed by atoms with van der Waals surface area (Å²) in [6, 6.07) is 0.561. The lowest BCUT2D eigenvalue weighted by Crippen LogP contribution is -2.43. The van der Waals surface area contributed by atoms with Gasteiger partial charge in [0, 0.05) is 12.6 Å². The molecule has 2 heterocycles. The zero-order chi connectivity index (χ0) is 12.6. The first-order chi connectivity index (χ1) is 8.00. The van der Waals surface area contributed by atoms with Crippen LogP contribution in [0.2, 0.25) is 0 Å². The van der Waals surface area contributed by atoms with E-state index in [0.717, 1.165) is 6.54 Å². The molecule has 98 valence electrons. The van der Waals surface area contributed by atoms with Crippen LogP contribution in [-0.2, 0) is 4.79 Å². The normalized spacial score (nSPS) is 35.2. The van der Waals surface area contributed by atoms with Crippen LogP contribution < -0.4 is 5.32 Å². The second-order valence-corrected chi connectivity index (χ2v) is 5.83. The van der Waals surface area contributed by atoms with Crippen molar-refractivity contribution in [1.29, 1.82) is 0 Å². The minimum Gasteiger partial charge on any atom is -0.325 e. The van der Waals surface area contributed by atoms with Crippen LogP contribution in [-0.4, -0.2) is 54.1 Å². The van der Waals surface area contributed by atoms with Crippen molar-refractivity contribution in [2.24, 2.45) is 5.92 Å². The van der Waals surface area contributed by atoms with Crippen molar-refractivity contribution in [1.82, 2.24) is 15.1 Å². The SMILES string of the molecule is CC(C)C1NC(C)N(CC2CCCN2C)C1=O. The van der Waals surface area contributed by atoms with Crippen LogP contribution in [0.4, 0.5) is 0 Å². The van der Waals surface area contributed by atoms with Crippen LogP contribution in [0.25, 0.3) is 0 Å². The van der Waals surface area contributed by atoms with E-state index in [1.54, 1.807) is 0 Å². The van der Waals surface area contributed by atoms with Gasteiger partial charge in [0.1, 0.15) is 0 Å². The summed E-state index contributed by atoms with van der Waals surface area (Å²) in [6.07, 6.45) is 2.67. The van der Waals surface area contributed by atoms with Crippen LogP contribution in [0.5, 0.6) is 0 Å². The molecule has 2 saturated heterocycles. The van der Waals surface area contributed by atoms with Crippen molar-refractivity contribution < 1.29 is 4.79 Å². The minimum absolute atomic E-state index is 0.0108. The summed E-state index contributed by atoms with van der Waals surface area (Å²) >= 11 is 0. The van der Waals surface area contributed by atoms with E-state index in [-0.39, 0.29) is 18.1 Å². The maximum Gasteiger partial charge on any atom is 0.241 e. The average Bonchev–Trinajstić information content (AvgIpc) is 2.77. The molecule has 0 radical (unpaired) electrons. The summed E-state index contributed by atoms with van der Waals surface area (Å²) in [5.74, 6) is 0.657. The number of rotatable bonds is 3. The third-order valence-corrected chi connectivity index (χ3v) is 4.18. The molecule has 1 amide bonds. The highest BCUT2D eigenvalue weighted by Crippen LogP contribution is 2.21. The Morgan fingerprint density at radius 1 is 1.47 bits per heavy atom. The van der Waals surface area contributed by atoms with Gasteiger partial charge in [0.2, 0.25) is 5.91 Å². The Kier molecular flexibility index (Phi) is 3.73. The zero-order valence-corrected chi connectivity index (χ0v) is 11.4. The summed E-state index contributed by atoms with van der Waals surface area (Å²) in [5.41, 5.74) is 0. The largest absolute Gasteiger partial charge is 0.325 e. The number of nitrogens with zero attached hydrogens (tertiary/aromatic N) is 2. The molecule has 0 aliphatic carbocycles. The lowest BCUT2D eigenvalue weighted by molar-refractivity contribution is -0.131. The highest BCUT2D eigenvalue weighted by molar-refractivity contribution is 5.84. The number of carbonyl (C=O) groups excluding carboxylic acids is 1. The fourth-order valence-corrected chi connectivity index (χ4v) is 2.95. The van der Waals surface area contributed by atoms with Crippen LogP contribution >= 0.6 is 0 Å². The summed E-state index contributed by atoms with van der Waals surface area (Å²) < 4.78 is 0. The number of likely N-dealkylation sites (tertiary alicyclic amines) is 1. The molecule has 1 N–H and O–H groups in total. The lowest BCUT2D eigenvalue weighted by atomic mass is 10.0. The quantitative estimate of drug-likeness (QED) is 0.794. The summed E-state index contributed by atoms with van der Waals surface area (Å²) in [7, 11) is 2.16. The van der Waals surface area contributed by atoms with Crippen LogP contribution in [0.1, 0.15) is 33.6 Å². The Bertz CT molecular complexity index is 292. The third-order valence-electron chi connectivity index (χ3n) is 4.18. The van der Waals surface area contributed by atoms with Gasteiger partial charge in [0.25, 0.3) is 0 Å². The minimum atomic E-state index is 0.0108. The predicted octanol–water partition coefficient (Wildman–Crippen LogP) is 0.883. The molecule has 0 bridgehead atoms. The van der Waals surface area contributed by atoms with Crippen molar-refractivity contribution in [3.63, 3.8) is 0 Å². The molecule has 2 rings (SSSR count). The van der Waals surface area contributed by atoms with Crippen LogP contribution in [0, 0.1) is 5.92 Å². The van der Waals surface area contributed by atoms with E-state index < -0.39 is 0 Å². The second kappa shape index (κ2) is 4.94. The van der Waals surface area contributed by atoms with Gasteiger partial charge >= 0.3 is 0 Å². The monoisotopic (exact) mass is 239 g/mol. The maximum atomic E-state index is 12.3. The molecule has 3 atom stereocenters. The van der Waals surface area contributed by atoms with Crippen LogP contribution in [0.15, 0.2) is 0 Å². The Hall–Kier alpha value is -0.610. The summed E-state index contributed by atoms with van der Waals surface area (Å²) in [6.45, 7) is 8.35. The van der Waals surface area contributed by atoms with Gasteiger partial charge in [-0.05, 0) is 39.3 Å². The molecule has 3 unspecified atom stereocenters. The van der Waals surface area contributed by atoms with Crippen molar-refractivity contribution in [2.45, 2.75) is 51.9 Å². The topological polar surface area (TPSA) is 35.6 Å². The van der Waals surface area contributed by atoms with Gasteiger partial charge in [0.15, 0.2) is 0 Å². The first kappa shape index (κ1) is 12.8. The van der Waals surface area contributed by atoms with Crippen molar-refractivity contribution in [3.05, 3.63) is 0 Å². The van der Waals surface area contributed by atoms with Gasteiger partial charge in [-0.25, -0.2) is 0 Å². The molecular weight excluding hydrogens is 214 g/mol. The number of hydrogen-bond acceptors (Lipinski definition) is 3. The summed E-state index contributed by atoms with van der Waals surface area (Å²) in [5, 5.41) is 3.40. The standard InChI is InChI=1S/C13H25N3O/c1-9(2)12-13(17)16(10(3)14-12)8-11-6-5-7-15(11)4/h9-12,14H,5-8H2,1-4H3. The van der Waals surface area contributed by atoms with E-state index in [2.05, 4.69) is 38.0 Å².